The number of para-hydroxylation sites is 1. The second-order valence-electron chi connectivity index (χ2n) is 7.61. The molecule has 0 unspecified atom stereocenters. The number of fused-ring (bicyclic) bond motifs is 1. The first-order chi connectivity index (χ1) is 15.8. The van der Waals surface area contributed by atoms with E-state index in [1.165, 1.54) is 30.3 Å². The lowest BCUT2D eigenvalue weighted by atomic mass is 10.1. The Kier molecular flexibility index (Phi) is 6.48. The van der Waals surface area contributed by atoms with Crippen LogP contribution < -0.4 is 10.0 Å². The van der Waals surface area contributed by atoms with Gasteiger partial charge in [0.05, 0.1) is 16.0 Å². The van der Waals surface area contributed by atoms with Gasteiger partial charge in [-0.2, -0.15) is 0 Å². The predicted octanol–water partition coefficient (Wildman–Crippen LogP) is 4.09. The maximum absolute atomic E-state index is 13.3. The van der Waals surface area contributed by atoms with E-state index in [-0.39, 0.29) is 23.9 Å². The van der Waals surface area contributed by atoms with Crippen LogP contribution in [0.1, 0.15) is 27.2 Å². The topological polar surface area (TPSA) is 88.2 Å². The number of pyridine rings is 1. The van der Waals surface area contributed by atoms with Crippen molar-refractivity contribution in [1.29, 1.82) is 0 Å². The molecule has 4 aromatic rings. The molecular formula is C25H22FN3O3S. The Morgan fingerprint density at radius 3 is 2.42 bits per heavy atom. The largest absolute Gasteiger partial charge is 0.348 e. The molecule has 0 spiro atoms. The Morgan fingerprint density at radius 2 is 1.64 bits per heavy atom. The first-order valence-electron chi connectivity index (χ1n) is 10.3. The average molecular weight is 464 g/mol. The van der Waals surface area contributed by atoms with Crippen LogP contribution in [0.15, 0.2) is 83.8 Å². The van der Waals surface area contributed by atoms with Gasteiger partial charge in [0.15, 0.2) is 0 Å². The van der Waals surface area contributed by atoms with E-state index in [0.717, 1.165) is 16.6 Å². The van der Waals surface area contributed by atoms with Crippen molar-refractivity contribution in [3.05, 3.63) is 107 Å². The minimum Gasteiger partial charge on any atom is -0.348 e. The molecule has 0 saturated carbocycles. The molecule has 0 fully saturated rings. The fraction of sp³-hybridized carbons (Fsp3) is 0.120. The minimum atomic E-state index is -3.81. The van der Waals surface area contributed by atoms with E-state index in [0.29, 0.717) is 16.7 Å². The summed E-state index contributed by atoms with van der Waals surface area (Å²) in [6, 6.07) is 21.2. The SMILES string of the molecule is Cc1cc(C(=O)NCc2cccc(S(=O)(=O)NCc3cccc(F)c3)c2)c2ccccc2n1. The van der Waals surface area contributed by atoms with Gasteiger partial charge in [-0.05, 0) is 54.4 Å². The molecule has 4 rings (SSSR count). The third kappa shape index (κ3) is 5.42. The van der Waals surface area contributed by atoms with Gasteiger partial charge in [-0.15, -0.1) is 0 Å². The highest BCUT2D eigenvalue weighted by Crippen LogP contribution is 2.19. The molecule has 0 atom stereocenters. The number of aromatic nitrogens is 1. The molecule has 33 heavy (non-hydrogen) atoms. The molecule has 0 aliphatic rings. The van der Waals surface area contributed by atoms with E-state index >= 15 is 0 Å². The average Bonchev–Trinajstić information content (AvgIpc) is 2.81. The first-order valence-corrected chi connectivity index (χ1v) is 11.8. The molecule has 0 aliphatic carbocycles. The van der Waals surface area contributed by atoms with Crippen molar-refractivity contribution in [2.24, 2.45) is 0 Å². The summed E-state index contributed by atoms with van der Waals surface area (Å²) in [7, 11) is -3.81. The molecule has 1 heterocycles. The van der Waals surface area contributed by atoms with Gasteiger partial charge in [-0.25, -0.2) is 17.5 Å². The van der Waals surface area contributed by atoms with Gasteiger partial charge in [-0.1, -0.05) is 42.5 Å². The Hall–Kier alpha value is -3.62. The summed E-state index contributed by atoms with van der Waals surface area (Å²) in [5.41, 5.74) is 3.13. The highest BCUT2D eigenvalue weighted by molar-refractivity contribution is 7.89. The van der Waals surface area contributed by atoms with Crippen LogP contribution in [0.2, 0.25) is 0 Å². The number of halogens is 1. The molecule has 0 saturated heterocycles. The van der Waals surface area contributed by atoms with E-state index in [2.05, 4.69) is 15.0 Å². The van der Waals surface area contributed by atoms with Crippen LogP contribution in [-0.2, 0) is 23.1 Å². The van der Waals surface area contributed by atoms with Crippen molar-refractivity contribution in [3.8, 4) is 0 Å². The highest BCUT2D eigenvalue weighted by Gasteiger charge is 2.16. The van der Waals surface area contributed by atoms with Crippen molar-refractivity contribution < 1.29 is 17.6 Å². The normalized spacial score (nSPS) is 11.5. The Labute approximate surface area is 191 Å². The maximum atomic E-state index is 13.3. The zero-order valence-corrected chi connectivity index (χ0v) is 18.7. The number of carbonyl (C=O) groups excluding carboxylic acids is 1. The predicted molar refractivity (Wildman–Crippen MR) is 125 cm³/mol. The summed E-state index contributed by atoms with van der Waals surface area (Å²) >= 11 is 0. The molecule has 3 aromatic carbocycles. The summed E-state index contributed by atoms with van der Waals surface area (Å²) in [5.74, 6) is -0.698. The molecule has 0 aliphatic heterocycles. The lowest BCUT2D eigenvalue weighted by molar-refractivity contribution is 0.0952. The standard InChI is InChI=1S/C25H22FN3O3S/c1-17-12-23(22-10-2-3-11-24(22)29-17)25(30)27-15-19-7-5-9-21(14-19)33(31,32)28-16-18-6-4-8-20(26)13-18/h2-14,28H,15-16H2,1H3,(H,27,30). The fourth-order valence-electron chi connectivity index (χ4n) is 3.50. The molecule has 1 aromatic heterocycles. The van der Waals surface area contributed by atoms with E-state index < -0.39 is 15.8 Å². The summed E-state index contributed by atoms with van der Waals surface area (Å²) in [4.78, 5) is 17.4. The molecule has 1 amide bonds. The van der Waals surface area contributed by atoms with E-state index in [1.807, 2.05) is 31.2 Å². The van der Waals surface area contributed by atoms with Crippen LogP contribution in [0.5, 0.6) is 0 Å². The second kappa shape index (κ2) is 9.48. The fourth-order valence-corrected chi connectivity index (χ4v) is 4.59. The van der Waals surface area contributed by atoms with E-state index in [4.69, 9.17) is 0 Å². The number of sulfonamides is 1. The van der Waals surface area contributed by atoms with Gasteiger partial charge < -0.3 is 5.32 Å². The number of hydrogen-bond donors (Lipinski definition) is 2. The minimum absolute atomic E-state index is 0.0322. The smallest absolute Gasteiger partial charge is 0.252 e. The summed E-state index contributed by atoms with van der Waals surface area (Å²) in [5, 5.41) is 3.60. The van der Waals surface area contributed by atoms with Crippen LogP contribution in [0.4, 0.5) is 4.39 Å². The van der Waals surface area contributed by atoms with Gasteiger partial charge in [0.2, 0.25) is 10.0 Å². The molecule has 8 heteroatoms. The molecule has 0 bridgehead atoms. The first kappa shape index (κ1) is 22.6. The lowest BCUT2D eigenvalue weighted by Gasteiger charge is -2.11. The monoisotopic (exact) mass is 463 g/mol. The van der Waals surface area contributed by atoms with E-state index in [9.17, 15) is 17.6 Å². The van der Waals surface area contributed by atoms with Gasteiger partial charge >= 0.3 is 0 Å². The molecular weight excluding hydrogens is 441 g/mol. The number of nitrogens with one attached hydrogen (secondary N) is 2. The van der Waals surface area contributed by atoms with Gasteiger partial charge in [0, 0.05) is 24.2 Å². The van der Waals surface area contributed by atoms with Crippen LogP contribution >= 0.6 is 0 Å². The zero-order valence-electron chi connectivity index (χ0n) is 17.9. The number of rotatable bonds is 7. The van der Waals surface area contributed by atoms with Crippen LogP contribution in [0.3, 0.4) is 0 Å². The molecule has 168 valence electrons. The lowest BCUT2D eigenvalue weighted by Crippen LogP contribution is -2.25. The molecule has 2 N–H and O–H groups in total. The third-order valence-corrected chi connectivity index (χ3v) is 6.50. The highest BCUT2D eigenvalue weighted by atomic mass is 32.2. The third-order valence-electron chi connectivity index (χ3n) is 5.11. The van der Waals surface area contributed by atoms with Crippen LogP contribution in [0, 0.1) is 12.7 Å². The Morgan fingerprint density at radius 1 is 0.909 bits per heavy atom. The second-order valence-corrected chi connectivity index (χ2v) is 9.38. The molecule has 6 nitrogen and oxygen atoms in total. The van der Waals surface area contributed by atoms with Crippen LogP contribution in [0.25, 0.3) is 10.9 Å². The van der Waals surface area contributed by atoms with Gasteiger partial charge in [0.1, 0.15) is 5.82 Å². The van der Waals surface area contributed by atoms with Crippen LogP contribution in [-0.4, -0.2) is 19.3 Å². The zero-order chi connectivity index (χ0) is 23.4. The van der Waals surface area contributed by atoms with Gasteiger partial charge in [0.25, 0.3) is 5.91 Å². The number of hydrogen-bond acceptors (Lipinski definition) is 4. The Balaban J connectivity index is 1.47. The number of amides is 1. The summed E-state index contributed by atoms with van der Waals surface area (Å²) in [6.07, 6.45) is 0. The quantitative estimate of drug-likeness (QED) is 0.432. The van der Waals surface area contributed by atoms with Crippen molar-refractivity contribution in [2.75, 3.05) is 0 Å². The number of benzene rings is 3. The van der Waals surface area contributed by atoms with Crippen molar-refractivity contribution >= 4 is 26.8 Å². The van der Waals surface area contributed by atoms with Gasteiger partial charge in [-0.3, -0.25) is 9.78 Å². The number of carbonyl (C=O) groups is 1. The van der Waals surface area contributed by atoms with E-state index in [1.54, 1.807) is 24.3 Å². The number of nitrogens with zero attached hydrogens (tertiary/aromatic N) is 1. The number of aryl methyl sites for hydroxylation is 1. The molecule has 0 radical (unpaired) electrons. The summed E-state index contributed by atoms with van der Waals surface area (Å²) in [6.45, 7) is 1.95. The van der Waals surface area contributed by atoms with Crippen molar-refractivity contribution in [2.45, 2.75) is 24.9 Å². The van der Waals surface area contributed by atoms with Crippen molar-refractivity contribution in [3.63, 3.8) is 0 Å². The Bertz CT molecular complexity index is 1440. The summed E-state index contributed by atoms with van der Waals surface area (Å²) < 4.78 is 41.2. The van der Waals surface area contributed by atoms with Crippen molar-refractivity contribution in [1.82, 2.24) is 15.0 Å². The maximum Gasteiger partial charge on any atom is 0.252 e.